The largest absolute Gasteiger partial charge is 0.387 e. The van der Waals surface area contributed by atoms with Crippen LogP contribution in [0.15, 0.2) is 30.3 Å². The molecule has 17 heavy (non-hydrogen) atoms. The van der Waals surface area contributed by atoms with Crippen LogP contribution < -0.4 is 5.32 Å². The zero-order chi connectivity index (χ0) is 12.7. The van der Waals surface area contributed by atoms with Crippen LogP contribution >= 0.6 is 0 Å². The van der Waals surface area contributed by atoms with E-state index in [0.29, 0.717) is 13.1 Å². The number of aliphatic hydroxyl groups is 1. The first kappa shape index (κ1) is 13.8. The summed E-state index contributed by atoms with van der Waals surface area (Å²) >= 11 is 0. The molecule has 0 saturated heterocycles. The van der Waals surface area contributed by atoms with Gasteiger partial charge in [0, 0.05) is 12.0 Å². The summed E-state index contributed by atoms with van der Waals surface area (Å²) in [6.45, 7) is 7.39. The van der Waals surface area contributed by atoms with E-state index in [0.717, 1.165) is 5.56 Å². The van der Waals surface area contributed by atoms with E-state index >= 15 is 0 Å². The predicted octanol–water partition coefficient (Wildman–Crippen LogP) is 2.36. The van der Waals surface area contributed by atoms with E-state index in [4.69, 9.17) is 0 Å². The van der Waals surface area contributed by atoms with Gasteiger partial charge in [0.15, 0.2) is 0 Å². The zero-order valence-electron chi connectivity index (χ0n) is 10.8. The molecule has 0 amide bonds. The second-order valence-corrected chi connectivity index (χ2v) is 5.11. The number of benzene rings is 1. The van der Waals surface area contributed by atoms with Gasteiger partial charge >= 0.3 is 0 Å². The minimum Gasteiger partial charge on any atom is -0.387 e. The second-order valence-electron chi connectivity index (χ2n) is 5.11. The van der Waals surface area contributed by atoms with Gasteiger partial charge in [-0.05, 0) is 26.3 Å². The fraction of sp³-hybridized carbons (Fsp3) is 0.467. The minimum atomic E-state index is -0.465. The first-order valence-electron chi connectivity index (χ1n) is 5.93. The predicted molar refractivity (Wildman–Crippen MR) is 71.5 cm³/mol. The fourth-order valence-corrected chi connectivity index (χ4v) is 1.37. The molecular weight excluding hydrogens is 210 g/mol. The highest BCUT2D eigenvalue weighted by Crippen LogP contribution is 2.10. The van der Waals surface area contributed by atoms with Gasteiger partial charge in [0.1, 0.15) is 0 Å². The number of aliphatic hydroxyl groups excluding tert-OH is 1. The lowest BCUT2D eigenvalue weighted by Gasteiger charge is -2.11. The summed E-state index contributed by atoms with van der Waals surface area (Å²) in [6.07, 6.45) is -0.465. The van der Waals surface area contributed by atoms with E-state index in [-0.39, 0.29) is 5.41 Å². The Morgan fingerprint density at radius 3 is 2.47 bits per heavy atom. The smallest absolute Gasteiger partial charge is 0.0914 e. The maximum Gasteiger partial charge on any atom is 0.0914 e. The third-order valence-electron chi connectivity index (χ3n) is 2.20. The van der Waals surface area contributed by atoms with Crippen molar-refractivity contribution in [2.45, 2.75) is 26.9 Å². The Bertz CT molecular complexity index is 381. The molecule has 2 heteroatoms. The van der Waals surface area contributed by atoms with Gasteiger partial charge in [0.2, 0.25) is 0 Å². The van der Waals surface area contributed by atoms with Crippen LogP contribution in [-0.4, -0.2) is 18.2 Å². The first-order chi connectivity index (χ1) is 7.99. The Labute approximate surface area is 104 Å². The Balaban J connectivity index is 2.30. The maximum atomic E-state index is 9.87. The average Bonchev–Trinajstić information content (AvgIpc) is 2.28. The van der Waals surface area contributed by atoms with Gasteiger partial charge in [-0.3, -0.25) is 0 Å². The summed E-state index contributed by atoms with van der Waals surface area (Å²) < 4.78 is 0. The molecule has 92 valence electrons. The molecule has 1 rings (SSSR count). The molecule has 1 aromatic carbocycles. The molecule has 2 nitrogen and oxygen atoms in total. The fourth-order valence-electron chi connectivity index (χ4n) is 1.37. The molecular formula is C15H21NO. The quantitative estimate of drug-likeness (QED) is 0.616. The molecule has 0 heterocycles. The first-order valence-corrected chi connectivity index (χ1v) is 5.93. The molecule has 1 aromatic rings. The van der Waals surface area contributed by atoms with E-state index in [2.05, 4.69) is 37.9 Å². The molecule has 0 bridgehead atoms. The van der Waals surface area contributed by atoms with Crippen LogP contribution in [-0.2, 0) is 0 Å². The maximum absolute atomic E-state index is 9.87. The van der Waals surface area contributed by atoms with Crippen LogP contribution in [0.5, 0.6) is 0 Å². The number of hydrogen-bond donors (Lipinski definition) is 2. The average molecular weight is 231 g/mol. The van der Waals surface area contributed by atoms with Gasteiger partial charge in [-0.2, -0.15) is 0 Å². The number of nitrogens with one attached hydrogen (secondary N) is 1. The number of hydrogen-bond acceptors (Lipinski definition) is 2. The summed E-state index contributed by atoms with van der Waals surface area (Å²) in [4.78, 5) is 0. The Morgan fingerprint density at radius 1 is 1.24 bits per heavy atom. The normalized spacial score (nSPS) is 12.7. The standard InChI is InChI=1S/C15H21NO/c1-15(2,3)10-7-11-16-12-14(17)13-8-5-4-6-9-13/h4-6,8-9,14,16-17H,11-12H2,1-3H3/t14-/m0/s1. The molecule has 0 aromatic heterocycles. The SMILES string of the molecule is CC(C)(C)C#CCNC[C@H](O)c1ccccc1. The molecule has 0 saturated carbocycles. The summed E-state index contributed by atoms with van der Waals surface area (Å²) in [6, 6.07) is 9.65. The van der Waals surface area contributed by atoms with Gasteiger partial charge in [-0.1, -0.05) is 42.2 Å². The van der Waals surface area contributed by atoms with Gasteiger partial charge < -0.3 is 10.4 Å². The van der Waals surface area contributed by atoms with E-state index in [1.165, 1.54) is 0 Å². The van der Waals surface area contributed by atoms with Crippen molar-refractivity contribution >= 4 is 0 Å². The third kappa shape index (κ3) is 6.11. The molecule has 0 spiro atoms. The van der Waals surface area contributed by atoms with Crippen LogP contribution in [0.1, 0.15) is 32.4 Å². The molecule has 1 atom stereocenters. The summed E-state index contributed by atoms with van der Waals surface area (Å²) in [5.74, 6) is 6.20. The molecule has 0 aliphatic rings. The lowest BCUT2D eigenvalue weighted by molar-refractivity contribution is 0.176. The summed E-state index contributed by atoms with van der Waals surface area (Å²) in [5.41, 5.74) is 0.975. The van der Waals surface area contributed by atoms with Crippen LogP contribution in [0.2, 0.25) is 0 Å². The Hall–Kier alpha value is -1.30. The molecule has 2 N–H and O–H groups in total. The van der Waals surface area contributed by atoms with E-state index in [9.17, 15) is 5.11 Å². The Kier molecular flexibility index (Phi) is 5.21. The highest BCUT2D eigenvalue weighted by Gasteiger charge is 2.05. The summed E-state index contributed by atoms with van der Waals surface area (Å²) in [5, 5.41) is 13.0. The van der Waals surface area contributed by atoms with Gasteiger partial charge in [-0.15, -0.1) is 0 Å². The monoisotopic (exact) mass is 231 g/mol. The van der Waals surface area contributed by atoms with Crippen molar-refractivity contribution in [1.29, 1.82) is 0 Å². The van der Waals surface area contributed by atoms with Crippen LogP contribution in [0.3, 0.4) is 0 Å². The van der Waals surface area contributed by atoms with Gasteiger partial charge in [0.25, 0.3) is 0 Å². The van der Waals surface area contributed by atoms with Crippen LogP contribution in [0, 0.1) is 17.3 Å². The van der Waals surface area contributed by atoms with Crippen molar-refractivity contribution in [3.8, 4) is 11.8 Å². The molecule has 0 unspecified atom stereocenters. The Morgan fingerprint density at radius 2 is 1.88 bits per heavy atom. The van der Waals surface area contributed by atoms with E-state index in [1.807, 2.05) is 30.3 Å². The van der Waals surface area contributed by atoms with Crippen LogP contribution in [0.25, 0.3) is 0 Å². The molecule has 0 aliphatic heterocycles. The molecule has 0 aliphatic carbocycles. The van der Waals surface area contributed by atoms with E-state index in [1.54, 1.807) is 0 Å². The minimum absolute atomic E-state index is 0.0414. The van der Waals surface area contributed by atoms with Gasteiger partial charge in [0.05, 0.1) is 12.6 Å². The van der Waals surface area contributed by atoms with Crippen molar-refractivity contribution in [2.75, 3.05) is 13.1 Å². The third-order valence-corrected chi connectivity index (χ3v) is 2.20. The highest BCUT2D eigenvalue weighted by molar-refractivity contribution is 5.17. The molecule has 0 radical (unpaired) electrons. The van der Waals surface area contributed by atoms with Crippen molar-refractivity contribution in [3.63, 3.8) is 0 Å². The summed E-state index contributed by atoms with van der Waals surface area (Å²) in [7, 11) is 0. The van der Waals surface area contributed by atoms with E-state index < -0.39 is 6.10 Å². The van der Waals surface area contributed by atoms with Crippen LogP contribution in [0.4, 0.5) is 0 Å². The van der Waals surface area contributed by atoms with Crippen molar-refractivity contribution < 1.29 is 5.11 Å². The van der Waals surface area contributed by atoms with Crippen molar-refractivity contribution in [2.24, 2.45) is 5.41 Å². The van der Waals surface area contributed by atoms with Crippen molar-refractivity contribution in [3.05, 3.63) is 35.9 Å². The molecule has 0 fully saturated rings. The zero-order valence-corrected chi connectivity index (χ0v) is 10.8. The lowest BCUT2D eigenvalue weighted by atomic mass is 9.98. The second kappa shape index (κ2) is 6.44. The number of rotatable bonds is 4. The lowest BCUT2D eigenvalue weighted by Crippen LogP contribution is -2.21. The van der Waals surface area contributed by atoms with Gasteiger partial charge in [-0.25, -0.2) is 0 Å². The topological polar surface area (TPSA) is 32.3 Å². The van der Waals surface area contributed by atoms with Crippen molar-refractivity contribution in [1.82, 2.24) is 5.32 Å². The highest BCUT2D eigenvalue weighted by atomic mass is 16.3.